The van der Waals surface area contributed by atoms with Crippen LogP contribution in [0.4, 0.5) is 11.4 Å². The van der Waals surface area contributed by atoms with Crippen molar-refractivity contribution in [2.45, 2.75) is 25.7 Å². The van der Waals surface area contributed by atoms with E-state index in [1.165, 1.54) is 19.2 Å². The number of halogens is 1. The Morgan fingerprint density at radius 1 is 1.17 bits per heavy atom. The molecule has 0 fully saturated rings. The minimum atomic E-state index is -4.22. The van der Waals surface area contributed by atoms with Gasteiger partial charge in [-0.25, -0.2) is 4.52 Å². The van der Waals surface area contributed by atoms with E-state index < -0.39 is 14.9 Å². The molecular formula is C23H30BrN7O4S. The fourth-order valence-electron chi connectivity index (χ4n) is 3.78. The predicted molar refractivity (Wildman–Crippen MR) is 144 cm³/mol. The maximum Gasteiger partial charge on any atom is 0.281 e. The van der Waals surface area contributed by atoms with Gasteiger partial charge in [0.2, 0.25) is 0 Å². The Balaban J connectivity index is 2.00. The van der Waals surface area contributed by atoms with Crippen molar-refractivity contribution in [2.24, 2.45) is 5.10 Å². The van der Waals surface area contributed by atoms with Gasteiger partial charge < -0.3 is 9.80 Å². The van der Waals surface area contributed by atoms with E-state index >= 15 is 0 Å². The van der Waals surface area contributed by atoms with Gasteiger partial charge in [-0.15, -0.1) is 0 Å². The molecule has 0 aliphatic heterocycles. The van der Waals surface area contributed by atoms with Gasteiger partial charge in [-0.1, -0.05) is 29.8 Å². The zero-order valence-corrected chi connectivity index (χ0v) is 23.3. The molecule has 0 atom stereocenters. The normalized spacial score (nSPS) is 12.4. The van der Waals surface area contributed by atoms with Crippen LogP contribution < -0.4 is 4.90 Å². The number of hydrogen-bond acceptors (Lipinski definition) is 8. The zero-order chi connectivity index (χ0) is 26.6. The maximum absolute atomic E-state index is 13.6. The number of anilines is 1. The molecule has 0 saturated heterocycles. The molecular weight excluding hydrogens is 550 g/mol. The molecule has 11 nitrogen and oxygen atoms in total. The Morgan fingerprint density at radius 3 is 2.50 bits per heavy atom. The topological polar surface area (TPSA) is 117 Å². The van der Waals surface area contributed by atoms with Crippen LogP contribution >= 0.6 is 15.9 Å². The number of aromatic nitrogens is 2. The van der Waals surface area contributed by atoms with Crippen LogP contribution in [-0.4, -0.2) is 78.3 Å². The molecule has 0 aliphatic rings. The van der Waals surface area contributed by atoms with Crippen LogP contribution in [0.5, 0.6) is 0 Å². The molecule has 0 N–H and O–H groups in total. The molecule has 3 rings (SSSR count). The van der Waals surface area contributed by atoms with E-state index in [0.717, 1.165) is 40.1 Å². The highest BCUT2D eigenvalue weighted by atomic mass is 79.9. The smallest absolute Gasteiger partial charge is 0.281 e. The summed E-state index contributed by atoms with van der Waals surface area (Å²) in [6.07, 6.45) is 3.39. The lowest BCUT2D eigenvalue weighted by atomic mass is 10.2. The first-order valence-corrected chi connectivity index (χ1v) is 13.6. The number of rotatable bonds is 11. The first kappa shape index (κ1) is 27.6. The van der Waals surface area contributed by atoms with Gasteiger partial charge in [0.1, 0.15) is 4.90 Å². The molecule has 36 heavy (non-hydrogen) atoms. The average molecular weight is 581 g/mol. The summed E-state index contributed by atoms with van der Waals surface area (Å²) in [5.41, 5.74) is 1.90. The van der Waals surface area contributed by atoms with Gasteiger partial charge in [0.05, 0.1) is 28.0 Å². The monoisotopic (exact) mass is 579 g/mol. The summed E-state index contributed by atoms with van der Waals surface area (Å²) in [6, 6.07) is 7.58. The van der Waals surface area contributed by atoms with Gasteiger partial charge in [-0.3, -0.25) is 10.1 Å². The lowest BCUT2D eigenvalue weighted by Crippen LogP contribution is -2.34. The Kier molecular flexibility index (Phi) is 8.69. The molecule has 3 aromatic rings. The summed E-state index contributed by atoms with van der Waals surface area (Å²) in [5, 5.41) is 20.1. The van der Waals surface area contributed by atoms with Crippen LogP contribution in [0.2, 0.25) is 0 Å². The largest absolute Gasteiger partial charge is 0.372 e. The standard InChI is InChI=1S/C23H30BrN7O4S/c1-6-29(7-2)13-12-27(4)21-9-8-19(31(32)33)15-23(21)36(34,35)28(5)26-17(3)20-16-25-30-11-10-18(24)14-22(20)30/h8-11,14-16H,6-7,12-13H2,1-5H3/b26-17-. The molecule has 0 saturated carbocycles. The summed E-state index contributed by atoms with van der Waals surface area (Å²) in [4.78, 5) is 14.7. The number of hydrogen-bond donors (Lipinski definition) is 0. The maximum atomic E-state index is 13.6. The first-order valence-electron chi connectivity index (χ1n) is 11.4. The number of benzene rings is 1. The molecule has 0 bridgehead atoms. The molecule has 2 aromatic heterocycles. The molecule has 194 valence electrons. The summed E-state index contributed by atoms with van der Waals surface area (Å²) >= 11 is 3.43. The summed E-state index contributed by atoms with van der Waals surface area (Å²) in [5.74, 6) is 0. The molecule has 0 radical (unpaired) electrons. The van der Waals surface area contributed by atoms with E-state index in [1.54, 1.807) is 35.8 Å². The van der Waals surface area contributed by atoms with Crippen LogP contribution in [0.15, 0.2) is 57.2 Å². The van der Waals surface area contributed by atoms with Gasteiger partial charge in [-0.2, -0.15) is 23.0 Å². The summed E-state index contributed by atoms with van der Waals surface area (Å²) < 4.78 is 30.6. The highest BCUT2D eigenvalue weighted by molar-refractivity contribution is 9.10. The van der Waals surface area contributed by atoms with Crippen molar-refractivity contribution in [1.29, 1.82) is 0 Å². The lowest BCUT2D eigenvalue weighted by molar-refractivity contribution is -0.385. The first-order chi connectivity index (χ1) is 17.0. The minimum Gasteiger partial charge on any atom is -0.372 e. The number of nitro groups is 1. The number of nitro benzene ring substituents is 1. The van der Waals surface area contributed by atoms with Gasteiger partial charge in [0, 0.05) is 55.6 Å². The second-order valence-corrected chi connectivity index (χ2v) is 11.0. The number of non-ortho nitro benzene ring substituents is 1. The summed E-state index contributed by atoms with van der Waals surface area (Å²) in [6.45, 7) is 8.81. The Bertz CT molecular complexity index is 1390. The van der Waals surface area contributed by atoms with Crippen molar-refractivity contribution >= 4 is 48.6 Å². The third-order valence-electron chi connectivity index (χ3n) is 6.00. The molecule has 1 aromatic carbocycles. The Morgan fingerprint density at radius 2 is 1.86 bits per heavy atom. The Hall–Kier alpha value is -3.03. The van der Waals surface area contributed by atoms with Crippen LogP contribution in [0.1, 0.15) is 26.3 Å². The van der Waals surface area contributed by atoms with Crippen molar-refractivity contribution in [3.8, 4) is 0 Å². The lowest BCUT2D eigenvalue weighted by Gasteiger charge is -2.27. The van der Waals surface area contributed by atoms with E-state index in [0.29, 0.717) is 23.5 Å². The van der Waals surface area contributed by atoms with Crippen molar-refractivity contribution in [3.63, 3.8) is 0 Å². The molecule has 2 heterocycles. The van der Waals surface area contributed by atoms with Gasteiger partial charge in [-0.05, 0) is 38.2 Å². The summed E-state index contributed by atoms with van der Waals surface area (Å²) in [7, 11) is -1.13. The van der Waals surface area contributed by atoms with E-state index in [9.17, 15) is 18.5 Å². The number of hydrazone groups is 1. The van der Waals surface area contributed by atoms with Crippen molar-refractivity contribution in [2.75, 3.05) is 45.2 Å². The quantitative estimate of drug-likeness (QED) is 0.192. The molecule has 0 amide bonds. The second-order valence-electron chi connectivity index (χ2n) is 8.22. The molecule has 0 unspecified atom stereocenters. The van der Waals surface area contributed by atoms with Crippen molar-refractivity contribution in [3.05, 3.63) is 62.9 Å². The predicted octanol–water partition coefficient (Wildman–Crippen LogP) is 3.83. The van der Waals surface area contributed by atoms with Crippen molar-refractivity contribution < 1.29 is 13.3 Å². The van der Waals surface area contributed by atoms with Crippen LogP contribution in [0.3, 0.4) is 0 Å². The van der Waals surface area contributed by atoms with E-state index in [1.807, 2.05) is 12.1 Å². The molecule has 0 aliphatic carbocycles. The van der Waals surface area contributed by atoms with Crippen molar-refractivity contribution in [1.82, 2.24) is 18.9 Å². The van der Waals surface area contributed by atoms with Gasteiger partial charge in [0.15, 0.2) is 0 Å². The average Bonchev–Trinajstić information content (AvgIpc) is 3.27. The van der Waals surface area contributed by atoms with E-state index in [-0.39, 0.29) is 10.6 Å². The highest BCUT2D eigenvalue weighted by Crippen LogP contribution is 2.31. The SMILES string of the molecule is CCN(CC)CCN(C)c1ccc([N+](=O)[O-])cc1S(=O)(=O)N(C)/N=C(/C)c1cnn2ccc(Br)cc12. The zero-order valence-electron chi connectivity index (χ0n) is 20.9. The third-order valence-corrected chi connectivity index (χ3v) is 8.15. The number of pyridine rings is 1. The van der Waals surface area contributed by atoms with E-state index in [2.05, 4.69) is 44.9 Å². The fraction of sp³-hybridized carbons (Fsp3) is 0.391. The highest BCUT2D eigenvalue weighted by Gasteiger charge is 2.28. The minimum absolute atomic E-state index is 0.180. The number of nitrogens with zero attached hydrogens (tertiary/aromatic N) is 7. The number of fused-ring (bicyclic) bond motifs is 1. The number of sulfonamides is 1. The van der Waals surface area contributed by atoms with Gasteiger partial charge in [0.25, 0.3) is 15.7 Å². The van der Waals surface area contributed by atoms with Crippen LogP contribution in [0, 0.1) is 10.1 Å². The number of likely N-dealkylation sites (N-methyl/N-ethyl adjacent to an activating group) is 2. The van der Waals surface area contributed by atoms with Crippen LogP contribution in [0.25, 0.3) is 5.52 Å². The Labute approximate surface area is 219 Å². The second kappa shape index (κ2) is 11.4. The van der Waals surface area contributed by atoms with Gasteiger partial charge >= 0.3 is 0 Å². The van der Waals surface area contributed by atoms with E-state index in [4.69, 9.17) is 0 Å². The third kappa shape index (κ3) is 5.85. The molecule has 0 spiro atoms. The van der Waals surface area contributed by atoms with Crippen LogP contribution in [-0.2, 0) is 10.0 Å². The molecule has 13 heteroatoms. The fourth-order valence-corrected chi connectivity index (χ4v) is 5.39.